The number of carbonyl (C=O) groups excluding carboxylic acids is 1. The van der Waals surface area contributed by atoms with Crippen LogP contribution in [0.2, 0.25) is 0 Å². The largest absolute Gasteiger partial charge is 0.312 e. The number of nitrogens with zero attached hydrogens (tertiary/aromatic N) is 1. The molecule has 0 unspecified atom stereocenters. The first kappa shape index (κ1) is 16.4. The minimum Gasteiger partial charge on any atom is -0.312 e. The van der Waals surface area contributed by atoms with Crippen LogP contribution in [0.5, 0.6) is 0 Å². The Kier molecular flexibility index (Phi) is 4.28. The minimum atomic E-state index is -4.04. The fourth-order valence-electron chi connectivity index (χ4n) is 2.84. The maximum absolute atomic E-state index is 13.8. The molecule has 0 aromatic heterocycles. The number of aryl methyl sites for hydroxylation is 1. The smallest absolute Gasteiger partial charge is 0.264 e. The van der Waals surface area contributed by atoms with Crippen LogP contribution in [-0.4, -0.2) is 20.9 Å². The third-order valence-electron chi connectivity index (χ3n) is 3.96. The highest BCUT2D eigenvalue weighted by Crippen LogP contribution is 2.31. The molecule has 1 aliphatic heterocycles. The zero-order valence-electron chi connectivity index (χ0n) is 13.1. The molecule has 3 rings (SSSR count). The van der Waals surface area contributed by atoms with E-state index in [1.165, 1.54) is 25.1 Å². The monoisotopic (exact) mass is 348 g/mol. The number of sulfonamides is 1. The van der Waals surface area contributed by atoms with Crippen LogP contribution in [0.4, 0.5) is 15.8 Å². The molecule has 0 saturated carbocycles. The van der Waals surface area contributed by atoms with Crippen molar-refractivity contribution in [2.75, 3.05) is 16.2 Å². The third-order valence-corrected chi connectivity index (χ3v) is 5.38. The molecule has 0 aliphatic carbocycles. The summed E-state index contributed by atoms with van der Waals surface area (Å²) in [6, 6.07) is 10.2. The van der Waals surface area contributed by atoms with E-state index >= 15 is 0 Å². The van der Waals surface area contributed by atoms with E-state index < -0.39 is 20.7 Å². The summed E-state index contributed by atoms with van der Waals surface area (Å²) in [5.41, 5.74) is 1.98. The summed E-state index contributed by atoms with van der Waals surface area (Å²) in [5, 5.41) is 0. The number of fused-ring (bicyclic) bond motifs is 1. The zero-order valence-corrected chi connectivity index (χ0v) is 13.9. The lowest BCUT2D eigenvalue weighted by atomic mass is 10.0. The van der Waals surface area contributed by atoms with E-state index in [9.17, 15) is 17.6 Å². The Morgan fingerprint density at radius 1 is 1.21 bits per heavy atom. The maximum atomic E-state index is 13.8. The molecule has 2 aromatic carbocycles. The Hall–Kier alpha value is -2.41. The predicted octanol–water partition coefficient (Wildman–Crippen LogP) is 2.93. The molecule has 0 fully saturated rings. The Balaban J connectivity index is 1.96. The lowest BCUT2D eigenvalue weighted by molar-refractivity contribution is -0.116. The molecule has 7 heteroatoms. The van der Waals surface area contributed by atoms with Gasteiger partial charge in [0.05, 0.1) is 5.69 Å². The van der Waals surface area contributed by atoms with Gasteiger partial charge in [0.15, 0.2) is 0 Å². The van der Waals surface area contributed by atoms with Crippen molar-refractivity contribution in [3.05, 3.63) is 53.8 Å². The summed E-state index contributed by atoms with van der Waals surface area (Å²) in [6.45, 7) is 2.08. The molecule has 0 radical (unpaired) electrons. The van der Waals surface area contributed by atoms with Gasteiger partial charge in [0, 0.05) is 19.2 Å². The van der Waals surface area contributed by atoms with Crippen LogP contribution in [0.3, 0.4) is 0 Å². The number of benzene rings is 2. The van der Waals surface area contributed by atoms with E-state index in [1.54, 1.807) is 23.1 Å². The molecule has 1 amide bonds. The van der Waals surface area contributed by atoms with Gasteiger partial charge < -0.3 is 4.90 Å². The van der Waals surface area contributed by atoms with Gasteiger partial charge >= 0.3 is 0 Å². The summed E-state index contributed by atoms with van der Waals surface area (Å²) in [4.78, 5) is 13.0. The third kappa shape index (κ3) is 3.12. The highest BCUT2D eigenvalue weighted by molar-refractivity contribution is 7.92. The van der Waals surface area contributed by atoms with Crippen molar-refractivity contribution in [2.24, 2.45) is 0 Å². The highest BCUT2D eigenvalue weighted by Gasteiger charge is 2.22. The van der Waals surface area contributed by atoms with Gasteiger partial charge in [-0.2, -0.15) is 0 Å². The molecule has 2 aromatic rings. The molecular weight excluding hydrogens is 331 g/mol. The number of hydrogen-bond acceptors (Lipinski definition) is 3. The van der Waals surface area contributed by atoms with Crippen molar-refractivity contribution in [1.82, 2.24) is 0 Å². The summed E-state index contributed by atoms with van der Waals surface area (Å²) in [6.07, 6.45) is 1.70. The number of amides is 1. The van der Waals surface area contributed by atoms with Crippen LogP contribution in [0.25, 0.3) is 0 Å². The van der Waals surface area contributed by atoms with Crippen molar-refractivity contribution in [3.63, 3.8) is 0 Å². The van der Waals surface area contributed by atoms with Crippen molar-refractivity contribution in [2.45, 2.75) is 24.7 Å². The summed E-state index contributed by atoms with van der Waals surface area (Å²) in [5.74, 6) is -0.904. The summed E-state index contributed by atoms with van der Waals surface area (Å²) in [7, 11) is -4.04. The van der Waals surface area contributed by atoms with Crippen LogP contribution in [0, 0.1) is 5.82 Å². The second kappa shape index (κ2) is 6.24. The van der Waals surface area contributed by atoms with Gasteiger partial charge in [-0.05, 0) is 42.7 Å². The molecular formula is C17H17FN2O3S. The number of nitrogens with one attached hydrogen (secondary N) is 1. The van der Waals surface area contributed by atoms with Crippen LogP contribution in [-0.2, 0) is 21.2 Å². The van der Waals surface area contributed by atoms with E-state index in [1.807, 2.05) is 0 Å². The lowest BCUT2D eigenvalue weighted by Gasteiger charge is -2.29. The van der Waals surface area contributed by atoms with Gasteiger partial charge in [-0.1, -0.05) is 18.2 Å². The highest BCUT2D eigenvalue weighted by atomic mass is 32.2. The summed E-state index contributed by atoms with van der Waals surface area (Å²) < 4.78 is 40.9. The van der Waals surface area contributed by atoms with Crippen molar-refractivity contribution in [3.8, 4) is 0 Å². The van der Waals surface area contributed by atoms with E-state index in [2.05, 4.69) is 4.72 Å². The van der Waals surface area contributed by atoms with Crippen molar-refractivity contribution < 1.29 is 17.6 Å². The van der Waals surface area contributed by atoms with E-state index in [0.717, 1.165) is 24.5 Å². The fourth-order valence-corrected chi connectivity index (χ4v) is 3.97. The second-order valence-corrected chi connectivity index (χ2v) is 7.30. The first-order chi connectivity index (χ1) is 11.4. The predicted molar refractivity (Wildman–Crippen MR) is 90.0 cm³/mol. The Morgan fingerprint density at radius 3 is 2.67 bits per heavy atom. The van der Waals surface area contributed by atoms with Crippen molar-refractivity contribution >= 4 is 27.3 Å². The first-order valence-electron chi connectivity index (χ1n) is 7.57. The van der Waals surface area contributed by atoms with Crippen LogP contribution < -0.4 is 9.62 Å². The molecule has 5 nitrogen and oxygen atoms in total. The molecule has 24 heavy (non-hydrogen) atoms. The molecule has 0 atom stereocenters. The molecule has 0 spiro atoms. The fraction of sp³-hybridized carbons (Fsp3) is 0.235. The summed E-state index contributed by atoms with van der Waals surface area (Å²) >= 11 is 0. The quantitative estimate of drug-likeness (QED) is 0.927. The SMILES string of the molecule is CC(=O)N1CCCc2ccc(NS(=O)(=O)c3ccccc3F)cc21. The lowest BCUT2D eigenvalue weighted by Crippen LogP contribution is -2.33. The van der Waals surface area contributed by atoms with Crippen LogP contribution in [0.1, 0.15) is 18.9 Å². The van der Waals surface area contributed by atoms with Crippen LogP contribution >= 0.6 is 0 Å². The number of halogens is 1. The zero-order chi connectivity index (χ0) is 17.3. The Bertz CT molecular complexity index is 896. The normalized spacial score (nSPS) is 14.2. The van der Waals surface area contributed by atoms with Gasteiger partial charge in [-0.15, -0.1) is 0 Å². The van der Waals surface area contributed by atoms with E-state index in [0.29, 0.717) is 17.9 Å². The molecule has 126 valence electrons. The number of carbonyl (C=O) groups is 1. The Morgan fingerprint density at radius 2 is 1.96 bits per heavy atom. The standard InChI is InChI=1S/C17H17FN2O3S/c1-12(21)20-10-4-5-13-8-9-14(11-16(13)20)19-24(22,23)17-7-3-2-6-15(17)18/h2-3,6-9,11,19H,4-5,10H2,1H3. The van der Waals surface area contributed by atoms with E-state index in [-0.39, 0.29) is 5.91 Å². The first-order valence-corrected chi connectivity index (χ1v) is 9.05. The maximum Gasteiger partial charge on any atom is 0.264 e. The van der Waals surface area contributed by atoms with Gasteiger partial charge in [0.2, 0.25) is 5.91 Å². The Labute approximate surface area is 140 Å². The molecule has 1 N–H and O–H groups in total. The molecule has 0 bridgehead atoms. The molecule has 1 aliphatic rings. The number of hydrogen-bond donors (Lipinski definition) is 1. The van der Waals surface area contributed by atoms with Gasteiger partial charge in [0.25, 0.3) is 10.0 Å². The topological polar surface area (TPSA) is 66.5 Å². The van der Waals surface area contributed by atoms with Crippen molar-refractivity contribution in [1.29, 1.82) is 0 Å². The van der Waals surface area contributed by atoms with Gasteiger partial charge in [0.1, 0.15) is 10.7 Å². The average Bonchev–Trinajstić information content (AvgIpc) is 2.54. The molecule has 1 heterocycles. The van der Waals surface area contributed by atoms with Gasteiger partial charge in [-0.3, -0.25) is 9.52 Å². The molecule has 0 saturated heterocycles. The number of anilines is 2. The second-order valence-electron chi connectivity index (χ2n) is 5.65. The average molecular weight is 348 g/mol. The van der Waals surface area contributed by atoms with Gasteiger partial charge in [-0.25, -0.2) is 12.8 Å². The number of rotatable bonds is 3. The minimum absolute atomic E-state index is 0.0925. The van der Waals surface area contributed by atoms with Crippen LogP contribution in [0.15, 0.2) is 47.4 Å². The van der Waals surface area contributed by atoms with E-state index in [4.69, 9.17) is 0 Å².